The van der Waals surface area contributed by atoms with Gasteiger partial charge < -0.3 is 0 Å². The van der Waals surface area contributed by atoms with Gasteiger partial charge in [0.1, 0.15) is 0 Å². The number of hydrogen-bond acceptors (Lipinski definition) is 1. The van der Waals surface area contributed by atoms with E-state index in [1.807, 2.05) is 0 Å². The Morgan fingerprint density at radius 2 is 1.55 bits per heavy atom. The minimum Gasteiger partial charge on any atom is -0.162 e. The van der Waals surface area contributed by atoms with Crippen molar-refractivity contribution in [3.8, 4) is 0 Å². The summed E-state index contributed by atoms with van der Waals surface area (Å²) in [6.07, 6.45) is 20.6. The molecule has 0 aromatic rings. The summed E-state index contributed by atoms with van der Waals surface area (Å²) in [6.45, 7) is 12.9. The Balaban J connectivity index is 1.47. The third kappa shape index (κ3) is 3.98. The largest absolute Gasteiger partial charge is 0.162 e. The molecule has 9 atom stereocenters. The molecule has 4 aliphatic rings. The van der Waals surface area contributed by atoms with Gasteiger partial charge in [0.2, 0.25) is 0 Å². The molecule has 0 aromatic heterocycles. The number of fused-ring (bicyclic) bond motifs is 5. The minimum atomic E-state index is 0.662. The first kappa shape index (κ1) is 22.5. The topological polar surface area (TPSA) is 0 Å². The monoisotopic (exact) mass is 418 g/mol. The van der Waals surface area contributed by atoms with Crippen LogP contribution >= 0.6 is 11.8 Å². The quantitative estimate of drug-likeness (QED) is 0.415. The van der Waals surface area contributed by atoms with Crippen LogP contribution in [0.4, 0.5) is 0 Å². The van der Waals surface area contributed by atoms with Gasteiger partial charge in [-0.1, -0.05) is 53.9 Å². The molecule has 0 N–H and O–H groups in total. The summed E-state index contributed by atoms with van der Waals surface area (Å²) in [4.78, 5) is 0. The summed E-state index contributed by atoms with van der Waals surface area (Å²) < 4.78 is 0. The van der Waals surface area contributed by atoms with E-state index in [0.29, 0.717) is 10.8 Å². The van der Waals surface area contributed by atoms with Crippen molar-refractivity contribution in [1.82, 2.24) is 0 Å². The van der Waals surface area contributed by atoms with E-state index < -0.39 is 0 Å². The lowest BCUT2D eigenvalue weighted by Crippen LogP contribution is -2.54. The maximum absolute atomic E-state index is 2.75. The van der Waals surface area contributed by atoms with Crippen molar-refractivity contribution in [1.29, 1.82) is 0 Å². The van der Waals surface area contributed by atoms with Crippen molar-refractivity contribution in [2.75, 3.05) is 6.26 Å². The molecule has 0 aliphatic heterocycles. The second-order valence-corrected chi connectivity index (χ2v) is 14.0. The second kappa shape index (κ2) is 8.71. The molecule has 1 heteroatoms. The van der Waals surface area contributed by atoms with E-state index in [1.54, 1.807) is 38.5 Å². The van der Waals surface area contributed by atoms with E-state index >= 15 is 0 Å². The molecule has 0 bridgehead atoms. The van der Waals surface area contributed by atoms with Crippen LogP contribution in [0.2, 0.25) is 0 Å². The molecule has 4 rings (SSSR count). The SMILES string of the molecule is CSC1CCC2CC[C@H]3[C@@H]4CC[C@H]([C@H](C)CCCC(C)C)[C@@]4(C)CC[C@@H]3[C@@]2(C)C1. The highest BCUT2D eigenvalue weighted by atomic mass is 32.2. The predicted octanol–water partition coefficient (Wildman–Crippen LogP) is 8.84. The molecule has 4 aliphatic carbocycles. The van der Waals surface area contributed by atoms with Gasteiger partial charge in [-0.05, 0) is 116 Å². The number of rotatable bonds is 6. The third-order valence-electron chi connectivity index (χ3n) is 11.1. The first-order chi connectivity index (χ1) is 13.8. The maximum atomic E-state index is 2.75. The normalized spacial score (nSPS) is 48.1. The zero-order chi connectivity index (χ0) is 20.8. The summed E-state index contributed by atoms with van der Waals surface area (Å²) in [6, 6.07) is 0. The highest BCUT2D eigenvalue weighted by molar-refractivity contribution is 7.99. The van der Waals surface area contributed by atoms with Crippen LogP contribution in [0.5, 0.6) is 0 Å². The van der Waals surface area contributed by atoms with Crippen molar-refractivity contribution in [3.05, 3.63) is 0 Å². The van der Waals surface area contributed by atoms with Gasteiger partial charge in [-0.25, -0.2) is 0 Å². The average Bonchev–Trinajstić information content (AvgIpc) is 3.04. The molecule has 4 saturated carbocycles. The van der Waals surface area contributed by atoms with Gasteiger partial charge in [0.15, 0.2) is 0 Å². The van der Waals surface area contributed by atoms with Crippen LogP contribution in [0.15, 0.2) is 0 Å². The Morgan fingerprint density at radius 3 is 2.28 bits per heavy atom. The molecule has 0 heterocycles. The second-order valence-electron chi connectivity index (χ2n) is 12.8. The van der Waals surface area contributed by atoms with Crippen molar-refractivity contribution < 1.29 is 0 Å². The van der Waals surface area contributed by atoms with Gasteiger partial charge in [-0.15, -0.1) is 0 Å². The standard InChI is InChI=1S/C28H50S/c1-19(2)8-7-9-20(3)24-14-15-25-23-13-11-21-10-12-22(29-6)18-28(21,5)26(23)16-17-27(24,25)4/h19-26H,7-18H2,1-6H3/t20-,21?,22?,23+,24-,25+,26+,27-,28+/m1/s1. The molecule has 2 unspecified atom stereocenters. The van der Waals surface area contributed by atoms with Crippen molar-refractivity contribution in [3.63, 3.8) is 0 Å². The van der Waals surface area contributed by atoms with Crippen LogP contribution in [0.1, 0.15) is 112 Å². The summed E-state index contributed by atoms with van der Waals surface area (Å²) >= 11 is 2.17. The lowest BCUT2D eigenvalue weighted by molar-refractivity contribution is -0.113. The van der Waals surface area contributed by atoms with E-state index in [4.69, 9.17) is 0 Å². The lowest BCUT2D eigenvalue weighted by Gasteiger charge is -2.61. The molecule has 0 spiro atoms. The van der Waals surface area contributed by atoms with Gasteiger partial charge in [0.25, 0.3) is 0 Å². The molecular weight excluding hydrogens is 368 g/mol. The Bertz CT molecular complexity index is 555. The summed E-state index contributed by atoms with van der Waals surface area (Å²) in [5.41, 5.74) is 1.33. The van der Waals surface area contributed by atoms with Crippen molar-refractivity contribution in [2.24, 2.45) is 52.3 Å². The fraction of sp³-hybridized carbons (Fsp3) is 1.00. The zero-order valence-electron chi connectivity index (χ0n) is 20.5. The van der Waals surface area contributed by atoms with Crippen LogP contribution in [0, 0.1) is 52.3 Å². The molecule has 0 amide bonds. The Labute approximate surface area is 187 Å². The van der Waals surface area contributed by atoms with Crippen LogP contribution in [0.3, 0.4) is 0 Å². The number of thioether (sulfide) groups is 1. The smallest absolute Gasteiger partial charge is 0.00497 e. The van der Waals surface area contributed by atoms with E-state index in [0.717, 1.165) is 46.7 Å². The van der Waals surface area contributed by atoms with Gasteiger partial charge in [0.05, 0.1) is 0 Å². The Kier molecular flexibility index (Phi) is 6.77. The van der Waals surface area contributed by atoms with Gasteiger partial charge in [0, 0.05) is 5.25 Å². The highest BCUT2D eigenvalue weighted by Crippen LogP contribution is 2.68. The molecular formula is C28H50S. The fourth-order valence-electron chi connectivity index (χ4n) is 9.53. The molecule has 0 aromatic carbocycles. The van der Waals surface area contributed by atoms with E-state index in [1.165, 1.54) is 38.5 Å². The van der Waals surface area contributed by atoms with Crippen molar-refractivity contribution >= 4 is 11.8 Å². The maximum Gasteiger partial charge on any atom is 0.00497 e. The Hall–Kier alpha value is 0.350. The molecule has 4 fully saturated rings. The molecule has 0 saturated heterocycles. The molecule has 168 valence electrons. The third-order valence-corrected chi connectivity index (χ3v) is 12.2. The highest BCUT2D eigenvalue weighted by Gasteiger charge is 2.60. The van der Waals surface area contributed by atoms with Gasteiger partial charge in [-0.3, -0.25) is 0 Å². The van der Waals surface area contributed by atoms with Crippen LogP contribution in [-0.2, 0) is 0 Å². The first-order valence-corrected chi connectivity index (χ1v) is 14.6. The average molecular weight is 419 g/mol. The predicted molar refractivity (Wildman–Crippen MR) is 130 cm³/mol. The lowest BCUT2D eigenvalue weighted by atomic mass is 9.44. The number of hydrogen-bond donors (Lipinski definition) is 0. The zero-order valence-corrected chi connectivity index (χ0v) is 21.3. The summed E-state index contributed by atoms with van der Waals surface area (Å²) in [7, 11) is 0. The first-order valence-electron chi connectivity index (χ1n) is 13.3. The van der Waals surface area contributed by atoms with Gasteiger partial charge >= 0.3 is 0 Å². The van der Waals surface area contributed by atoms with Crippen LogP contribution < -0.4 is 0 Å². The van der Waals surface area contributed by atoms with Crippen LogP contribution in [0.25, 0.3) is 0 Å². The van der Waals surface area contributed by atoms with E-state index in [2.05, 4.69) is 52.6 Å². The molecule has 29 heavy (non-hydrogen) atoms. The van der Waals surface area contributed by atoms with Gasteiger partial charge in [-0.2, -0.15) is 11.8 Å². The molecule has 0 nitrogen and oxygen atoms in total. The fourth-order valence-corrected chi connectivity index (χ4v) is 10.4. The molecule has 0 radical (unpaired) electrons. The van der Waals surface area contributed by atoms with E-state index in [9.17, 15) is 0 Å². The van der Waals surface area contributed by atoms with E-state index in [-0.39, 0.29) is 0 Å². The summed E-state index contributed by atoms with van der Waals surface area (Å²) in [5, 5.41) is 0.945. The minimum absolute atomic E-state index is 0.662. The summed E-state index contributed by atoms with van der Waals surface area (Å²) in [5.74, 6) is 7.03. The Morgan fingerprint density at radius 1 is 0.828 bits per heavy atom. The van der Waals surface area contributed by atoms with Crippen molar-refractivity contribution in [2.45, 2.75) is 117 Å². The van der Waals surface area contributed by atoms with Crippen LogP contribution in [-0.4, -0.2) is 11.5 Å².